The van der Waals surface area contributed by atoms with Gasteiger partial charge in [-0.05, 0) is 37.6 Å². The van der Waals surface area contributed by atoms with Crippen molar-refractivity contribution in [3.05, 3.63) is 64.3 Å². The smallest absolute Gasteiger partial charge is 0.341 e. The highest BCUT2D eigenvalue weighted by molar-refractivity contribution is 7.17. The lowest BCUT2D eigenvalue weighted by atomic mass is 10.0. The topological polar surface area (TPSA) is 73.9 Å². The number of methoxy groups -OCH3 is 2. The maximum absolute atomic E-state index is 13.4. The highest BCUT2D eigenvalue weighted by atomic mass is 32.1. The van der Waals surface area contributed by atoms with Crippen molar-refractivity contribution in [3.63, 3.8) is 0 Å². The minimum Gasteiger partial charge on any atom is -0.497 e. The van der Waals surface area contributed by atoms with E-state index in [9.17, 15) is 14.0 Å². The van der Waals surface area contributed by atoms with Gasteiger partial charge in [-0.15, -0.1) is 11.3 Å². The molecule has 6 nitrogen and oxygen atoms in total. The summed E-state index contributed by atoms with van der Waals surface area (Å²) in [5, 5.41) is 3.23. The number of benzene rings is 2. The number of anilines is 1. The number of nitrogens with one attached hydrogen (secondary N) is 1. The van der Waals surface area contributed by atoms with Crippen LogP contribution in [-0.2, 0) is 16.0 Å². The van der Waals surface area contributed by atoms with Crippen molar-refractivity contribution in [2.45, 2.75) is 20.3 Å². The van der Waals surface area contributed by atoms with E-state index in [4.69, 9.17) is 14.2 Å². The Morgan fingerprint density at radius 3 is 2.41 bits per heavy atom. The van der Waals surface area contributed by atoms with Crippen molar-refractivity contribution < 1.29 is 28.2 Å². The van der Waals surface area contributed by atoms with Crippen molar-refractivity contribution in [1.82, 2.24) is 0 Å². The Labute approximate surface area is 189 Å². The van der Waals surface area contributed by atoms with Gasteiger partial charge in [0.05, 0.1) is 27.2 Å². The molecule has 0 atom stereocenters. The van der Waals surface area contributed by atoms with Gasteiger partial charge in [-0.25, -0.2) is 9.18 Å². The van der Waals surface area contributed by atoms with Crippen molar-refractivity contribution in [2.24, 2.45) is 0 Å². The number of hydrogen-bond donors (Lipinski definition) is 1. The molecule has 0 spiro atoms. The van der Waals surface area contributed by atoms with E-state index in [0.29, 0.717) is 33.2 Å². The molecular formula is C24H24FNO5S. The van der Waals surface area contributed by atoms with Crippen LogP contribution < -0.4 is 14.8 Å². The number of carbonyl (C=O) groups excluding carboxylic acids is 2. The van der Waals surface area contributed by atoms with Gasteiger partial charge in [-0.2, -0.15) is 0 Å². The zero-order valence-electron chi connectivity index (χ0n) is 18.3. The first-order valence-corrected chi connectivity index (χ1v) is 10.8. The van der Waals surface area contributed by atoms with Gasteiger partial charge >= 0.3 is 5.97 Å². The van der Waals surface area contributed by atoms with Gasteiger partial charge in [-0.1, -0.05) is 18.2 Å². The van der Waals surface area contributed by atoms with Crippen LogP contribution in [0.5, 0.6) is 11.5 Å². The molecule has 2 aromatic carbocycles. The summed E-state index contributed by atoms with van der Waals surface area (Å²) in [4.78, 5) is 26.4. The third-order valence-corrected chi connectivity index (χ3v) is 5.82. The van der Waals surface area contributed by atoms with Crippen LogP contribution in [0.4, 0.5) is 9.39 Å². The maximum atomic E-state index is 13.4. The van der Waals surface area contributed by atoms with Crippen LogP contribution in [0.2, 0.25) is 0 Å². The molecule has 32 heavy (non-hydrogen) atoms. The Balaban J connectivity index is 1.94. The predicted octanol–water partition coefficient (Wildman–Crippen LogP) is 5.24. The Morgan fingerprint density at radius 1 is 1.06 bits per heavy atom. The predicted molar refractivity (Wildman–Crippen MR) is 122 cm³/mol. The van der Waals surface area contributed by atoms with Gasteiger partial charge in [0.25, 0.3) is 0 Å². The van der Waals surface area contributed by atoms with Crippen LogP contribution in [0.1, 0.15) is 27.7 Å². The molecule has 0 radical (unpaired) electrons. The zero-order chi connectivity index (χ0) is 23.3. The number of hydrogen-bond acceptors (Lipinski definition) is 6. The van der Waals surface area contributed by atoms with Gasteiger partial charge in [0, 0.05) is 22.1 Å². The van der Waals surface area contributed by atoms with E-state index >= 15 is 0 Å². The summed E-state index contributed by atoms with van der Waals surface area (Å²) in [6.45, 7) is 3.74. The van der Waals surface area contributed by atoms with Crippen molar-refractivity contribution >= 4 is 28.2 Å². The largest absolute Gasteiger partial charge is 0.497 e. The summed E-state index contributed by atoms with van der Waals surface area (Å²) in [5.41, 5.74) is 2.22. The van der Waals surface area contributed by atoms with E-state index in [1.54, 1.807) is 44.4 Å². The molecule has 0 aliphatic heterocycles. The molecule has 0 aliphatic carbocycles. The molecule has 0 aliphatic rings. The summed E-state index contributed by atoms with van der Waals surface area (Å²) in [5.74, 6) is -0.0892. The number of halogens is 1. The molecule has 3 rings (SSSR count). The molecule has 168 valence electrons. The van der Waals surface area contributed by atoms with Gasteiger partial charge in [0.2, 0.25) is 5.91 Å². The van der Waals surface area contributed by atoms with Gasteiger partial charge in [0.1, 0.15) is 27.9 Å². The zero-order valence-corrected chi connectivity index (χ0v) is 19.1. The highest BCUT2D eigenvalue weighted by Crippen LogP contribution is 2.40. The van der Waals surface area contributed by atoms with E-state index < -0.39 is 5.97 Å². The second kappa shape index (κ2) is 10.3. The molecule has 0 fully saturated rings. The molecular weight excluding hydrogens is 433 g/mol. The molecule has 1 amide bonds. The number of ether oxygens (including phenoxy) is 3. The van der Waals surface area contributed by atoms with E-state index in [-0.39, 0.29) is 30.3 Å². The lowest BCUT2D eigenvalue weighted by Gasteiger charge is -2.11. The first kappa shape index (κ1) is 23.3. The number of carbonyl (C=O) groups is 2. The number of amides is 1. The van der Waals surface area contributed by atoms with E-state index in [2.05, 4.69) is 5.32 Å². The number of aryl methyl sites for hydroxylation is 1. The average Bonchev–Trinajstić information content (AvgIpc) is 3.10. The Kier molecular flexibility index (Phi) is 7.48. The van der Waals surface area contributed by atoms with Crippen molar-refractivity contribution in [2.75, 3.05) is 26.1 Å². The monoisotopic (exact) mass is 457 g/mol. The SMILES string of the molecule is CCOC(=O)c1c(NC(=O)Cc2ccc(OC)cc2OC)sc(C)c1-c1ccc(F)cc1. The lowest BCUT2D eigenvalue weighted by molar-refractivity contribution is -0.115. The van der Waals surface area contributed by atoms with E-state index in [0.717, 1.165) is 4.88 Å². The van der Waals surface area contributed by atoms with Crippen molar-refractivity contribution in [1.29, 1.82) is 0 Å². The van der Waals surface area contributed by atoms with Crippen LogP contribution in [0.3, 0.4) is 0 Å². The molecule has 8 heteroatoms. The number of esters is 1. The molecule has 0 unspecified atom stereocenters. The van der Waals surface area contributed by atoms with Crippen LogP contribution in [0, 0.1) is 12.7 Å². The summed E-state index contributed by atoms with van der Waals surface area (Å²) < 4.78 is 29.2. The fraction of sp³-hybridized carbons (Fsp3) is 0.250. The number of rotatable bonds is 8. The fourth-order valence-electron chi connectivity index (χ4n) is 3.34. The summed E-state index contributed by atoms with van der Waals surface area (Å²) >= 11 is 1.27. The standard InChI is InChI=1S/C24H24FNO5S/c1-5-31-24(28)22-21(15-6-9-17(25)10-7-15)14(2)32-23(22)26-20(27)12-16-8-11-18(29-3)13-19(16)30-4/h6-11,13H,5,12H2,1-4H3,(H,26,27). The van der Waals surface area contributed by atoms with Gasteiger partial charge in [0.15, 0.2) is 0 Å². The van der Waals surface area contributed by atoms with E-state index in [1.807, 2.05) is 6.92 Å². The lowest BCUT2D eigenvalue weighted by Crippen LogP contribution is -2.17. The molecule has 1 heterocycles. The molecule has 1 aromatic heterocycles. The van der Waals surface area contributed by atoms with Crippen LogP contribution in [0.25, 0.3) is 11.1 Å². The third-order valence-electron chi connectivity index (χ3n) is 4.79. The quantitative estimate of drug-likeness (QED) is 0.469. The minimum atomic E-state index is -0.548. The maximum Gasteiger partial charge on any atom is 0.341 e. The second-order valence-electron chi connectivity index (χ2n) is 6.87. The molecule has 1 N–H and O–H groups in total. The average molecular weight is 458 g/mol. The molecule has 0 saturated carbocycles. The number of thiophene rings is 1. The Morgan fingerprint density at radius 2 is 1.78 bits per heavy atom. The molecule has 0 saturated heterocycles. The fourth-order valence-corrected chi connectivity index (χ4v) is 4.42. The first-order chi connectivity index (χ1) is 15.4. The Bertz CT molecular complexity index is 1120. The normalized spacial score (nSPS) is 10.5. The second-order valence-corrected chi connectivity index (χ2v) is 8.09. The van der Waals surface area contributed by atoms with Gasteiger partial charge in [-0.3, -0.25) is 4.79 Å². The summed E-state index contributed by atoms with van der Waals surface area (Å²) in [6.07, 6.45) is 0.0399. The summed E-state index contributed by atoms with van der Waals surface area (Å²) in [6, 6.07) is 11.1. The Hall–Kier alpha value is -3.39. The minimum absolute atomic E-state index is 0.0399. The van der Waals surface area contributed by atoms with Crippen LogP contribution in [0.15, 0.2) is 42.5 Å². The van der Waals surface area contributed by atoms with Crippen LogP contribution >= 0.6 is 11.3 Å². The third kappa shape index (κ3) is 5.08. The van der Waals surface area contributed by atoms with Crippen LogP contribution in [-0.4, -0.2) is 32.7 Å². The molecule has 0 bridgehead atoms. The molecule has 3 aromatic rings. The first-order valence-electron chi connectivity index (χ1n) is 9.95. The van der Waals surface area contributed by atoms with Gasteiger partial charge < -0.3 is 19.5 Å². The summed E-state index contributed by atoms with van der Waals surface area (Å²) in [7, 11) is 3.07. The highest BCUT2D eigenvalue weighted by Gasteiger charge is 2.25. The van der Waals surface area contributed by atoms with Crippen molar-refractivity contribution in [3.8, 4) is 22.6 Å². The van der Waals surface area contributed by atoms with E-state index in [1.165, 1.54) is 30.6 Å².